The van der Waals surface area contributed by atoms with Crippen molar-refractivity contribution >= 4 is 29.8 Å². The molecule has 230 valence electrons. The average Bonchev–Trinajstić information content (AvgIpc) is 2.74. The molecule has 0 saturated carbocycles. The van der Waals surface area contributed by atoms with Crippen molar-refractivity contribution in [1.82, 2.24) is 0 Å². The quantitative estimate of drug-likeness (QED) is 0.265. The van der Waals surface area contributed by atoms with Crippen molar-refractivity contribution < 1.29 is 114 Å². The van der Waals surface area contributed by atoms with E-state index in [1.807, 2.05) is 0 Å². The molecule has 0 unspecified atom stereocenters. The lowest BCUT2D eigenvalue weighted by molar-refractivity contribution is -0.194. The number of rotatable bonds is 5. The highest BCUT2D eigenvalue weighted by Crippen LogP contribution is 2.53. The molecule has 0 aliphatic rings. The van der Waals surface area contributed by atoms with Gasteiger partial charge in [-0.25, -0.2) is 24.0 Å². The number of alkyl halides is 15. The lowest BCUT2D eigenvalue weighted by atomic mass is 10.2. The number of benzene rings is 1. The summed E-state index contributed by atoms with van der Waals surface area (Å²) in [6.07, 6.45) is -31.5. The molecule has 0 saturated heterocycles. The Morgan fingerprint density at radius 1 is 0.366 bits per heavy atom. The number of hydrogen-bond acceptors (Lipinski definition) is 10. The smallest absolute Gasteiger partial charge is 0.416 e. The van der Waals surface area contributed by atoms with Gasteiger partial charge in [0.25, 0.3) is 0 Å². The van der Waals surface area contributed by atoms with Gasteiger partial charge in [-0.15, -0.1) is 0 Å². The third-order valence-electron chi connectivity index (χ3n) is 3.27. The van der Waals surface area contributed by atoms with Gasteiger partial charge in [-0.05, 0) is 0 Å². The van der Waals surface area contributed by atoms with Gasteiger partial charge >= 0.3 is 60.7 Å². The van der Waals surface area contributed by atoms with E-state index >= 15 is 0 Å². The Morgan fingerprint density at radius 3 is 0.780 bits per heavy atom. The first-order chi connectivity index (χ1) is 18.1. The monoisotopic (exact) mass is 638 g/mol. The summed E-state index contributed by atoms with van der Waals surface area (Å²) in [5.74, 6) is -32.5. The molecule has 1 aromatic carbocycles. The van der Waals surface area contributed by atoms with Crippen LogP contribution in [0.2, 0.25) is 0 Å². The summed E-state index contributed by atoms with van der Waals surface area (Å²) in [6, 6.07) is -0.920. The minimum Gasteiger partial charge on any atom is -0.416 e. The first-order valence-corrected chi connectivity index (χ1v) is 8.72. The minimum atomic E-state index is -6.38. The van der Waals surface area contributed by atoms with Crippen LogP contribution in [-0.4, -0.2) is 60.7 Å². The molecule has 0 radical (unpaired) electrons. The van der Waals surface area contributed by atoms with Crippen LogP contribution in [-0.2, 0) is 24.0 Å². The van der Waals surface area contributed by atoms with E-state index in [-0.39, 0.29) is 0 Å². The van der Waals surface area contributed by atoms with E-state index in [0.29, 0.717) is 0 Å². The highest BCUT2D eigenvalue weighted by molar-refractivity contribution is 5.89. The lowest BCUT2D eigenvalue weighted by Gasteiger charge is -2.21. The number of hydrogen-bond donors (Lipinski definition) is 0. The van der Waals surface area contributed by atoms with Crippen LogP contribution in [0.3, 0.4) is 0 Å². The molecule has 0 aromatic heterocycles. The average molecular weight is 638 g/mol. The molecular weight excluding hydrogens is 637 g/mol. The Balaban J connectivity index is 4.28. The third-order valence-corrected chi connectivity index (χ3v) is 3.27. The first kappa shape index (κ1) is 34.5. The van der Waals surface area contributed by atoms with Crippen molar-refractivity contribution in [1.29, 1.82) is 0 Å². The summed E-state index contributed by atoms with van der Waals surface area (Å²) < 4.78 is 206. The maximum Gasteiger partial charge on any atom is 0.491 e. The Labute approximate surface area is 210 Å². The summed E-state index contributed by atoms with van der Waals surface area (Å²) in [6.45, 7) is 0. The van der Waals surface area contributed by atoms with Crippen molar-refractivity contribution in [3.05, 3.63) is 6.07 Å². The lowest BCUT2D eigenvalue weighted by Crippen LogP contribution is -2.33. The summed E-state index contributed by atoms with van der Waals surface area (Å²) in [5.41, 5.74) is 0. The van der Waals surface area contributed by atoms with Crippen LogP contribution < -0.4 is 23.7 Å². The van der Waals surface area contributed by atoms with E-state index < -0.39 is 95.5 Å². The zero-order valence-electron chi connectivity index (χ0n) is 17.8. The standard InChI is InChI=1S/C16HF15O10/c17-12(18,19)7(32)37-2-1-3(38-8(33)13(20,21)22)5(40-10(35)15(26,27)28)6(41-11(36)16(29,30)31)4(2)39-9(34)14(23,24)25/h1H. The van der Waals surface area contributed by atoms with Gasteiger partial charge < -0.3 is 23.7 Å². The maximum atomic E-state index is 12.7. The zero-order valence-corrected chi connectivity index (χ0v) is 17.8. The first-order valence-electron chi connectivity index (χ1n) is 8.72. The number of esters is 5. The minimum absolute atomic E-state index is 0.920. The van der Waals surface area contributed by atoms with Gasteiger partial charge in [0.2, 0.25) is 17.2 Å². The largest absolute Gasteiger partial charge is 0.491 e. The van der Waals surface area contributed by atoms with E-state index in [1.54, 1.807) is 0 Å². The SMILES string of the molecule is O=C(Oc1cc(OC(=O)C(F)(F)F)c(OC(=O)C(F)(F)F)c(OC(=O)C(F)(F)F)c1OC(=O)C(F)(F)F)C(F)(F)F. The second kappa shape index (κ2) is 11.2. The molecule has 0 spiro atoms. The van der Waals surface area contributed by atoms with Crippen LogP contribution in [0.15, 0.2) is 6.07 Å². The van der Waals surface area contributed by atoms with Crippen molar-refractivity contribution in [3.63, 3.8) is 0 Å². The molecule has 10 nitrogen and oxygen atoms in total. The molecule has 25 heteroatoms. The van der Waals surface area contributed by atoms with Crippen molar-refractivity contribution in [2.24, 2.45) is 0 Å². The molecule has 0 amide bonds. The Morgan fingerprint density at radius 2 is 0.561 bits per heavy atom. The predicted molar refractivity (Wildman–Crippen MR) is 84.9 cm³/mol. The fourth-order valence-corrected chi connectivity index (χ4v) is 1.78. The van der Waals surface area contributed by atoms with E-state index in [0.717, 1.165) is 0 Å². The fraction of sp³-hybridized carbons (Fsp3) is 0.312. The Bertz CT molecular complexity index is 1160. The second-order valence-electron chi connectivity index (χ2n) is 6.30. The summed E-state index contributed by atoms with van der Waals surface area (Å²) in [4.78, 5) is 55.9. The normalized spacial score (nSPS) is 12.8. The van der Waals surface area contributed by atoms with Crippen molar-refractivity contribution in [3.8, 4) is 28.7 Å². The van der Waals surface area contributed by atoms with Crippen LogP contribution in [0, 0.1) is 0 Å². The number of carbonyl (C=O) groups is 5. The molecule has 0 aliphatic heterocycles. The Kier molecular flexibility index (Phi) is 9.42. The van der Waals surface area contributed by atoms with Gasteiger partial charge in [0, 0.05) is 6.07 Å². The highest BCUT2D eigenvalue weighted by Gasteiger charge is 2.50. The van der Waals surface area contributed by atoms with Crippen LogP contribution in [0.25, 0.3) is 0 Å². The molecule has 41 heavy (non-hydrogen) atoms. The highest BCUT2D eigenvalue weighted by atomic mass is 19.4. The summed E-state index contributed by atoms with van der Waals surface area (Å²) in [7, 11) is 0. The molecule has 0 N–H and O–H groups in total. The van der Waals surface area contributed by atoms with Crippen molar-refractivity contribution in [2.45, 2.75) is 30.9 Å². The molecule has 0 aliphatic carbocycles. The summed E-state index contributed by atoms with van der Waals surface area (Å²) >= 11 is 0. The van der Waals surface area contributed by atoms with Gasteiger partial charge in [-0.1, -0.05) is 0 Å². The summed E-state index contributed by atoms with van der Waals surface area (Å²) in [5, 5.41) is 0. The molecule has 0 bridgehead atoms. The van der Waals surface area contributed by atoms with Crippen LogP contribution >= 0.6 is 0 Å². The topological polar surface area (TPSA) is 132 Å². The van der Waals surface area contributed by atoms with Crippen LogP contribution in [0.1, 0.15) is 0 Å². The van der Waals surface area contributed by atoms with Gasteiger partial charge in [0.1, 0.15) is 0 Å². The molecule has 0 heterocycles. The van der Waals surface area contributed by atoms with E-state index in [1.165, 1.54) is 0 Å². The van der Waals surface area contributed by atoms with Crippen LogP contribution in [0.5, 0.6) is 28.7 Å². The van der Waals surface area contributed by atoms with Crippen LogP contribution in [0.4, 0.5) is 65.9 Å². The molecule has 1 rings (SSSR count). The number of carbonyl (C=O) groups excluding carboxylic acids is 5. The number of halogens is 15. The van der Waals surface area contributed by atoms with Gasteiger partial charge in [0.05, 0.1) is 0 Å². The second-order valence-corrected chi connectivity index (χ2v) is 6.30. The molecular formula is C16HF15O10. The van der Waals surface area contributed by atoms with Gasteiger partial charge in [-0.3, -0.25) is 0 Å². The fourth-order valence-electron chi connectivity index (χ4n) is 1.78. The zero-order chi connectivity index (χ0) is 32.5. The predicted octanol–water partition coefficient (Wildman–Crippen LogP) is 4.03. The van der Waals surface area contributed by atoms with Gasteiger partial charge in [0.15, 0.2) is 11.5 Å². The molecule has 0 fully saturated rings. The van der Waals surface area contributed by atoms with Crippen molar-refractivity contribution in [2.75, 3.05) is 0 Å². The van der Waals surface area contributed by atoms with E-state index in [2.05, 4.69) is 23.7 Å². The number of ether oxygens (including phenoxy) is 5. The maximum absolute atomic E-state index is 12.7. The molecule has 1 aromatic rings. The van der Waals surface area contributed by atoms with E-state index in [9.17, 15) is 89.8 Å². The van der Waals surface area contributed by atoms with Gasteiger partial charge in [-0.2, -0.15) is 65.9 Å². The third kappa shape index (κ3) is 9.30. The van der Waals surface area contributed by atoms with E-state index in [4.69, 9.17) is 0 Å². The Hall–Kier alpha value is -4.48. The molecule has 0 atom stereocenters.